The van der Waals surface area contributed by atoms with E-state index >= 15 is 0 Å². The largest absolute Gasteiger partial charge is 0.345 e. The smallest absolute Gasteiger partial charge is 0.111 e. The molecular formula is C17H13Cl3N2. The SMILES string of the molecule is Cc1[nH]c(Cc2cc(Cl)cc(Cl)c2)nc1-c1ccc(Cl)cc1. The van der Waals surface area contributed by atoms with Crippen LogP contribution in [0.3, 0.4) is 0 Å². The summed E-state index contributed by atoms with van der Waals surface area (Å²) in [5, 5.41) is 1.97. The van der Waals surface area contributed by atoms with Gasteiger partial charge < -0.3 is 4.98 Å². The van der Waals surface area contributed by atoms with Gasteiger partial charge in [0, 0.05) is 32.7 Å². The van der Waals surface area contributed by atoms with Gasteiger partial charge in [0.25, 0.3) is 0 Å². The minimum Gasteiger partial charge on any atom is -0.345 e. The van der Waals surface area contributed by atoms with Gasteiger partial charge in [-0.2, -0.15) is 0 Å². The quantitative estimate of drug-likeness (QED) is 0.622. The second kappa shape index (κ2) is 6.33. The van der Waals surface area contributed by atoms with Gasteiger partial charge in [-0.25, -0.2) is 4.98 Å². The Morgan fingerprint density at radius 1 is 0.909 bits per heavy atom. The Balaban J connectivity index is 1.90. The van der Waals surface area contributed by atoms with E-state index in [1.54, 1.807) is 6.07 Å². The average molecular weight is 352 g/mol. The molecule has 0 aliphatic carbocycles. The molecule has 0 radical (unpaired) electrons. The molecule has 0 fully saturated rings. The summed E-state index contributed by atoms with van der Waals surface area (Å²) >= 11 is 18.0. The Morgan fingerprint density at radius 3 is 2.18 bits per heavy atom. The van der Waals surface area contributed by atoms with Crippen molar-refractivity contribution in [2.45, 2.75) is 13.3 Å². The van der Waals surface area contributed by atoms with E-state index in [1.165, 1.54) is 0 Å². The van der Waals surface area contributed by atoms with Gasteiger partial charge in [0.2, 0.25) is 0 Å². The van der Waals surface area contributed by atoms with Crippen molar-refractivity contribution >= 4 is 34.8 Å². The van der Waals surface area contributed by atoms with Crippen molar-refractivity contribution in [3.05, 3.63) is 74.6 Å². The number of imidazole rings is 1. The first-order valence-electron chi connectivity index (χ1n) is 6.77. The van der Waals surface area contributed by atoms with E-state index < -0.39 is 0 Å². The normalized spacial score (nSPS) is 10.9. The number of benzene rings is 2. The van der Waals surface area contributed by atoms with Crippen molar-refractivity contribution in [2.75, 3.05) is 0 Å². The van der Waals surface area contributed by atoms with Gasteiger partial charge in [0.15, 0.2) is 0 Å². The fraction of sp³-hybridized carbons (Fsp3) is 0.118. The molecule has 0 amide bonds. The number of rotatable bonds is 3. The molecule has 0 atom stereocenters. The highest BCUT2D eigenvalue weighted by Crippen LogP contribution is 2.25. The van der Waals surface area contributed by atoms with Crippen molar-refractivity contribution < 1.29 is 0 Å². The van der Waals surface area contributed by atoms with Gasteiger partial charge in [-0.1, -0.05) is 46.9 Å². The van der Waals surface area contributed by atoms with E-state index in [4.69, 9.17) is 34.8 Å². The first kappa shape index (κ1) is 15.4. The van der Waals surface area contributed by atoms with Crippen LogP contribution in [-0.4, -0.2) is 9.97 Å². The van der Waals surface area contributed by atoms with Crippen LogP contribution in [0.1, 0.15) is 17.1 Å². The van der Waals surface area contributed by atoms with Gasteiger partial charge in [-0.05, 0) is 42.8 Å². The molecule has 3 rings (SSSR count). The van der Waals surface area contributed by atoms with Crippen LogP contribution < -0.4 is 0 Å². The summed E-state index contributed by atoms with van der Waals surface area (Å²) in [7, 11) is 0. The van der Waals surface area contributed by atoms with Crippen molar-refractivity contribution in [1.82, 2.24) is 9.97 Å². The summed E-state index contributed by atoms with van der Waals surface area (Å²) in [6.45, 7) is 2.01. The number of H-pyrrole nitrogens is 1. The number of nitrogens with one attached hydrogen (secondary N) is 1. The summed E-state index contributed by atoms with van der Waals surface area (Å²) in [5.74, 6) is 0.876. The zero-order chi connectivity index (χ0) is 15.7. The molecule has 0 saturated heterocycles. The molecule has 0 unspecified atom stereocenters. The number of hydrogen-bond acceptors (Lipinski definition) is 1. The van der Waals surface area contributed by atoms with Crippen LogP contribution in [0.25, 0.3) is 11.3 Å². The van der Waals surface area contributed by atoms with E-state index in [1.807, 2.05) is 43.3 Å². The van der Waals surface area contributed by atoms with Crippen molar-refractivity contribution in [1.29, 1.82) is 0 Å². The lowest BCUT2D eigenvalue weighted by atomic mass is 10.1. The number of hydrogen-bond donors (Lipinski definition) is 1. The predicted molar refractivity (Wildman–Crippen MR) is 93.0 cm³/mol. The molecule has 3 aromatic rings. The average Bonchev–Trinajstić information content (AvgIpc) is 2.79. The third-order valence-electron chi connectivity index (χ3n) is 3.35. The van der Waals surface area contributed by atoms with Crippen molar-refractivity contribution in [3.8, 4) is 11.3 Å². The fourth-order valence-corrected chi connectivity index (χ4v) is 3.10. The molecule has 2 aromatic carbocycles. The molecule has 1 N–H and O–H groups in total. The first-order valence-corrected chi connectivity index (χ1v) is 7.91. The number of halogens is 3. The maximum absolute atomic E-state index is 6.04. The van der Waals surface area contributed by atoms with Crippen LogP contribution in [0.2, 0.25) is 15.1 Å². The summed E-state index contributed by atoms with van der Waals surface area (Å²) in [6.07, 6.45) is 0.648. The Bertz CT molecular complexity index is 787. The lowest BCUT2D eigenvalue weighted by Crippen LogP contribution is -1.91. The number of aromatic amines is 1. The standard InChI is InChI=1S/C17H13Cl3N2/c1-10-17(12-2-4-13(18)5-3-12)22-16(21-10)8-11-6-14(19)9-15(20)7-11/h2-7,9H,8H2,1H3,(H,21,22). The van der Waals surface area contributed by atoms with E-state index in [-0.39, 0.29) is 0 Å². The Morgan fingerprint density at radius 2 is 1.55 bits per heavy atom. The first-order chi connectivity index (χ1) is 10.5. The van der Waals surface area contributed by atoms with Crippen LogP contribution in [0.15, 0.2) is 42.5 Å². The molecular weight excluding hydrogens is 339 g/mol. The number of aryl methyl sites for hydroxylation is 1. The highest BCUT2D eigenvalue weighted by atomic mass is 35.5. The topological polar surface area (TPSA) is 28.7 Å². The monoisotopic (exact) mass is 350 g/mol. The van der Waals surface area contributed by atoms with Gasteiger partial charge in [0.1, 0.15) is 5.82 Å². The lowest BCUT2D eigenvalue weighted by molar-refractivity contribution is 1.02. The van der Waals surface area contributed by atoms with Crippen molar-refractivity contribution in [3.63, 3.8) is 0 Å². The van der Waals surface area contributed by atoms with Crippen LogP contribution >= 0.6 is 34.8 Å². The van der Waals surface area contributed by atoms with Gasteiger partial charge in [-0.3, -0.25) is 0 Å². The Hall–Kier alpha value is -1.48. The molecule has 5 heteroatoms. The summed E-state index contributed by atoms with van der Waals surface area (Å²) in [4.78, 5) is 7.99. The zero-order valence-electron chi connectivity index (χ0n) is 11.8. The molecule has 112 valence electrons. The van der Waals surface area contributed by atoms with Gasteiger partial charge >= 0.3 is 0 Å². The molecule has 0 aliphatic heterocycles. The fourth-order valence-electron chi connectivity index (χ4n) is 2.40. The van der Waals surface area contributed by atoms with Crippen LogP contribution in [-0.2, 0) is 6.42 Å². The second-order valence-electron chi connectivity index (χ2n) is 5.12. The maximum Gasteiger partial charge on any atom is 0.111 e. The van der Waals surface area contributed by atoms with Crippen LogP contribution in [0.4, 0.5) is 0 Å². The lowest BCUT2D eigenvalue weighted by Gasteiger charge is -2.01. The van der Waals surface area contributed by atoms with E-state index in [0.717, 1.165) is 28.3 Å². The predicted octanol–water partition coefficient (Wildman–Crippen LogP) is 5.94. The van der Waals surface area contributed by atoms with Crippen molar-refractivity contribution in [2.24, 2.45) is 0 Å². The van der Waals surface area contributed by atoms with E-state index in [0.29, 0.717) is 21.5 Å². The summed E-state index contributed by atoms with van der Waals surface area (Å²) in [5.41, 5.74) is 4.01. The minimum atomic E-state index is 0.628. The second-order valence-corrected chi connectivity index (χ2v) is 6.43. The highest BCUT2D eigenvalue weighted by Gasteiger charge is 2.10. The molecule has 0 bridgehead atoms. The Kier molecular flexibility index (Phi) is 4.44. The molecule has 0 saturated carbocycles. The van der Waals surface area contributed by atoms with Crippen LogP contribution in [0.5, 0.6) is 0 Å². The number of aromatic nitrogens is 2. The van der Waals surface area contributed by atoms with E-state index in [2.05, 4.69) is 9.97 Å². The summed E-state index contributed by atoms with van der Waals surface area (Å²) < 4.78 is 0. The third kappa shape index (κ3) is 3.46. The van der Waals surface area contributed by atoms with Crippen LogP contribution in [0, 0.1) is 6.92 Å². The summed E-state index contributed by atoms with van der Waals surface area (Å²) in [6, 6.07) is 13.2. The Labute approximate surface area is 144 Å². The van der Waals surface area contributed by atoms with Gasteiger partial charge in [-0.15, -0.1) is 0 Å². The molecule has 1 aromatic heterocycles. The third-order valence-corrected chi connectivity index (χ3v) is 4.03. The minimum absolute atomic E-state index is 0.628. The maximum atomic E-state index is 6.04. The van der Waals surface area contributed by atoms with Gasteiger partial charge in [0.05, 0.1) is 5.69 Å². The molecule has 1 heterocycles. The molecule has 22 heavy (non-hydrogen) atoms. The zero-order valence-corrected chi connectivity index (χ0v) is 14.1. The van der Waals surface area contributed by atoms with E-state index in [9.17, 15) is 0 Å². The molecule has 0 spiro atoms. The number of nitrogens with zero attached hydrogens (tertiary/aromatic N) is 1. The molecule has 2 nitrogen and oxygen atoms in total. The highest BCUT2D eigenvalue weighted by molar-refractivity contribution is 6.34. The molecule has 0 aliphatic rings.